The minimum absolute atomic E-state index is 0.387. The summed E-state index contributed by atoms with van der Waals surface area (Å²) >= 11 is 1.80. The number of rotatable bonds is 3. The molecule has 1 aliphatic heterocycles. The average Bonchev–Trinajstić information content (AvgIpc) is 2.98. The first-order valence-corrected chi connectivity index (χ1v) is 8.24. The molecule has 0 N–H and O–H groups in total. The predicted molar refractivity (Wildman–Crippen MR) is 84.1 cm³/mol. The maximum atomic E-state index is 5.86. The maximum Gasteiger partial charge on any atom is 0.0965 e. The first-order valence-electron chi connectivity index (χ1n) is 7.36. The Kier molecular flexibility index (Phi) is 4.18. The van der Waals surface area contributed by atoms with Crippen molar-refractivity contribution in [3.05, 3.63) is 40.7 Å². The molecular weight excluding hydrogens is 266 g/mol. The molecule has 2 aromatic rings. The number of benzene rings is 1. The molecule has 1 aromatic carbocycles. The molecule has 2 unspecified atom stereocenters. The van der Waals surface area contributed by atoms with E-state index in [-0.39, 0.29) is 0 Å². The van der Waals surface area contributed by atoms with Crippen molar-refractivity contribution in [1.29, 1.82) is 0 Å². The standard InChI is InChI=1S/C17H21NOS/c1-12(2)16-10-14(8-9-19-16)17-18-15(11-20-17)13-6-4-3-5-7-13/h3-7,11-12,14,16H,8-10H2,1-2H3. The summed E-state index contributed by atoms with van der Waals surface area (Å²) in [5.74, 6) is 1.16. The smallest absolute Gasteiger partial charge is 0.0965 e. The van der Waals surface area contributed by atoms with Gasteiger partial charge in [-0.05, 0) is 18.8 Å². The molecule has 1 aromatic heterocycles. The highest BCUT2D eigenvalue weighted by Gasteiger charge is 2.27. The van der Waals surface area contributed by atoms with E-state index < -0.39 is 0 Å². The zero-order valence-electron chi connectivity index (χ0n) is 12.1. The van der Waals surface area contributed by atoms with E-state index in [1.54, 1.807) is 11.3 Å². The first-order chi connectivity index (χ1) is 9.74. The summed E-state index contributed by atoms with van der Waals surface area (Å²) in [5, 5.41) is 3.46. The number of ether oxygens (including phenoxy) is 1. The van der Waals surface area contributed by atoms with Gasteiger partial charge in [0.05, 0.1) is 16.8 Å². The van der Waals surface area contributed by atoms with Crippen LogP contribution in [0.3, 0.4) is 0 Å². The Morgan fingerprint density at radius 1 is 1.25 bits per heavy atom. The van der Waals surface area contributed by atoms with Gasteiger partial charge in [-0.25, -0.2) is 4.98 Å². The van der Waals surface area contributed by atoms with E-state index in [0.717, 1.165) is 25.1 Å². The molecule has 0 aliphatic carbocycles. The Bertz CT molecular complexity index is 549. The molecule has 1 fully saturated rings. The van der Waals surface area contributed by atoms with Gasteiger partial charge in [-0.15, -0.1) is 11.3 Å². The van der Waals surface area contributed by atoms with E-state index in [9.17, 15) is 0 Å². The van der Waals surface area contributed by atoms with E-state index in [2.05, 4.69) is 43.5 Å². The van der Waals surface area contributed by atoms with Crippen LogP contribution in [0, 0.1) is 5.92 Å². The molecule has 1 aliphatic rings. The molecule has 0 saturated carbocycles. The summed E-state index contributed by atoms with van der Waals surface area (Å²) in [5.41, 5.74) is 2.32. The zero-order chi connectivity index (χ0) is 13.9. The van der Waals surface area contributed by atoms with Crippen LogP contribution in [0.25, 0.3) is 11.3 Å². The van der Waals surface area contributed by atoms with Gasteiger partial charge in [0.1, 0.15) is 0 Å². The molecule has 1 saturated heterocycles. The molecule has 106 valence electrons. The molecule has 0 amide bonds. The van der Waals surface area contributed by atoms with E-state index in [0.29, 0.717) is 17.9 Å². The van der Waals surface area contributed by atoms with Gasteiger partial charge in [0.2, 0.25) is 0 Å². The van der Waals surface area contributed by atoms with Crippen molar-refractivity contribution in [3.63, 3.8) is 0 Å². The lowest BCUT2D eigenvalue weighted by Crippen LogP contribution is -2.28. The first kappa shape index (κ1) is 13.8. The lowest BCUT2D eigenvalue weighted by molar-refractivity contribution is -0.0201. The number of aromatic nitrogens is 1. The lowest BCUT2D eigenvalue weighted by Gasteiger charge is -2.30. The molecule has 20 heavy (non-hydrogen) atoms. The Labute approximate surface area is 124 Å². The number of thiazole rings is 1. The SMILES string of the molecule is CC(C)C1CC(c2nc(-c3ccccc3)cs2)CCO1. The Balaban J connectivity index is 1.77. The quantitative estimate of drug-likeness (QED) is 0.814. The van der Waals surface area contributed by atoms with Crippen LogP contribution in [0.4, 0.5) is 0 Å². The Morgan fingerprint density at radius 2 is 2.05 bits per heavy atom. The largest absolute Gasteiger partial charge is 0.378 e. The average molecular weight is 287 g/mol. The molecule has 2 nitrogen and oxygen atoms in total. The van der Waals surface area contributed by atoms with E-state index in [1.807, 2.05) is 6.07 Å². The number of hydrogen-bond acceptors (Lipinski definition) is 3. The fraction of sp³-hybridized carbons (Fsp3) is 0.471. The van der Waals surface area contributed by atoms with Crippen molar-refractivity contribution in [3.8, 4) is 11.3 Å². The van der Waals surface area contributed by atoms with Crippen molar-refractivity contribution in [2.24, 2.45) is 5.92 Å². The zero-order valence-corrected chi connectivity index (χ0v) is 12.9. The van der Waals surface area contributed by atoms with Crippen molar-refractivity contribution < 1.29 is 4.74 Å². The third kappa shape index (κ3) is 2.94. The monoisotopic (exact) mass is 287 g/mol. The fourth-order valence-electron chi connectivity index (χ4n) is 2.73. The van der Waals surface area contributed by atoms with Gasteiger partial charge < -0.3 is 4.74 Å². The molecule has 2 atom stereocenters. The van der Waals surface area contributed by atoms with Gasteiger partial charge >= 0.3 is 0 Å². The summed E-state index contributed by atoms with van der Waals surface area (Å²) in [6, 6.07) is 10.4. The summed E-state index contributed by atoms with van der Waals surface area (Å²) in [7, 11) is 0. The van der Waals surface area contributed by atoms with E-state index in [1.165, 1.54) is 10.6 Å². The molecule has 3 heteroatoms. The van der Waals surface area contributed by atoms with Gasteiger partial charge in [0, 0.05) is 23.5 Å². The highest BCUT2D eigenvalue weighted by Crippen LogP contribution is 2.35. The third-order valence-corrected chi connectivity index (χ3v) is 5.01. The van der Waals surface area contributed by atoms with E-state index >= 15 is 0 Å². The molecule has 0 bridgehead atoms. The van der Waals surface area contributed by atoms with Crippen LogP contribution in [-0.2, 0) is 4.74 Å². The second kappa shape index (κ2) is 6.06. The van der Waals surface area contributed by atoms with Crippen LogP contribution in [0.5, 0.6) is 0 Å². The molecule has 2 heterocycles. The van der Waals surface area contributed by atoms with Crippen LogP contribution in [-0.4, -0.2) is 17.7 Å². The highest BCUT2D eigenvalue weighted by molar-refractivity contribution is 7.10. The number of nitrogens with zero attached hydrogens (tertiary/aromatic N) is 1. The summed E-state index contributed by atoms with van der Waals surface area (Å²) < 4.78 is 5.86. The normalized spacial score (nSPS) is 23.1. The third-order valence-electron chi connectivity index (χ3n) is 4.00. The van der Waals surface area contributed by atoms with Gasteiger partial charge in [-0.1, -0.05) is 44.2 Å². The van der Waals surface area contributed by atoms with Crippen molar-refractivity contribution in [2.45, 2.75) is 38.7 Å². The second-order valence-electron chi connectivity index (χ2n) is 5.81. The predicted octanol–water partition coefficient (Wildman–Crippen LogP) is 4.73. The van der Waals surface area contributed by atoms with Gasteiger partial charge in [-0.2, -0.15) is 0 Å². The Morgan fingerprint density at radius 3 is 2.80 bits per heavy atom. The second-order valence-corrected chi connectivity index (χ2v) is 6.70. The summed E-state index contributed by atoms with van der Waals surface area (Å²) in [6.45, 7) is 5.35. The minimum Gasteiger partial charge on any atom is -0.378 e. The highest BCUT2D eigenvalue weighted by atomic mass is 32.1. The van der Waals surface area contributed by atoms with Crippen LogP contribution in [0.2, 0.25) is 0 Å². The van der Waals surface area contributed by atoms with Crippen LogP contribution in [0.15, 0.2) is 35.7 Å². The summed E-state index contributed by atoms with van der Waals surface area (Å²) in [6.07, 6.45) is 2.60. The fourth-order valence-corrected chi connectivity index (χ4v) is 3.71. The Hall–Kier alpha value is -1.19. The van der Waals surface area contributed by atoms with Gasteiger partial charge in [-0.3, -0.25) is 0 Å². The number of hydrogen-bond donors (Lipinski definition) is 0. The summed E-state index contributed by atoms with van der Waals surface area (Å²) in [4.78, 5) is 4.86. The van der Waals surface area contributed by atoms with Gasteiger partial charge in [0.15, 0.2) is 0 Å². The van der Waals surface area contributed by atoms with Crippen LogP contribution >= 0.6 is 11.3 Å². The van der Waals surface area contributed by atoms with Crippen molar-refractivity contribution >= 4 is 11.3 Å². The van der Waals surface area contributed by atoms with Crippen LogP contribution in [0.1, 0.15) is 37.6 Å². The van der Waals surface area contributed by atoms with E-state index in [4.69, 9.17) is 9.72 Å². The van der Waals surface area contributed by atoms with Crippen LogP contribution < -0.4 is 0 Å². The van der Waals surface area contributed by atoms with Crippen molar-refractivity contribution in [2.75, 3.05) is 6.61 Å². The molecule has 3 rings (SSSR count). The molecule has 0 spiro atoms. The minimum atomic E-state index is 0.387. The molecular formula is C17H21NOS. The molecule has 0 radical (unpaired) electrons. The topological polar surface area (TPSA) is 22.1 Å². The van der Waals surface area contributed by atoms with Gasteiger partial charge in [0.25, 0.3) is 0 Å². The lowest BCUT2D eigenvalue weighted by atomic mass is 9.91. The van der Waals surface area contributed by atoms with Crippen molar-refractivity contribution in [1.82, 2.24) is 4.98 Å². The maximum absolute atomic E-state index is 5.86.